The van der Waals surface area contributed by atoms with Crippen LogP contribution in [0.4, 0.5) is 11.4 Å². The summed E-state index contributed by atoms with van der Waals surface area (Å²) in [4.78, 5) is 1.90. The molecule has 0 aliphatic heterocycles. The van der Waals surface area contributed by atoms with Gasteiger partial charge in [-0.3, -0.25) is 4.72 Å². The van der Waals surface area contributed by atoms with Crippen molar-refractivity contribution < 1.29 is 8.42 Å². The molecule has 0 radical (unpaired) electrons. The van der Waals surface area contributed by atoms with Gasteiger partial charge in [0.15, 0.2) is 0 Å². The van der Waals surface area contributed by atoms with E-state index in [1.165, 1.54) is 6.07 Å². The SMILES string of the molecule is CN(C)c1ccc(Cl)cc1NS(=O)(=O)c1cccc2nsnc12. The van der Waals surface area contributed by atoms with Crippen molar-refractivity contribution >= 4 is 55.8 Å². The number of nitrogens with one attached hydrogen (secondary N) is 1. The predicted molar refractivity (Wildman–Crippen MR) is 94.0 cm³/mol. The van der Waals surface area contributed by atoms with Gasteiger partial charge in [0, 0.05) is 19.1 Å². The molecular formula is C14H13ClN4O2S2. The Morgan fingerprint density at radius 1 is 1.17 bits per heavy atom. The van der Waals surface area contributed by atoms with E-state index >= 15 is 0 Å². The van der Waals surface area contributed by atoms with E-state index < -0.39 is 10.0 Å². The predicted octanol–water partition coefficient (Wildman–Crippen LogP) is 3.21. The molecule has 0 atom stereocenters. The van der Waals surface area contributed by atoms with Crippen LogP contribution in [0.15, 0.2) is 41.3 Å². The molecule has 0 saturated heterocycles. The summed E-state index contributed by atoms with van der Waals surface area (Å²) < 4.78 is 36.3. The molecule has 0 aliphatic rings. The van der Waals surface area contributed by atoms with Crippen LogP contribution in [-0.4, -0.2) is 31.3 Å². The van der Waals surface area contributed by atoms with Gasteiger partial charge in [-0.1, -0.05) is 17.7 Å². The van der Waals surface area contributed by atoms with Gasteiger partial charge in [0.25, 0.3) is 10.0 Å². The molecule has 1 heterocycles. The zero-order chi connectivity index (χ0) is 16.6. The van der Waals surface area contributed by atoms with Crippen LogP contribution in [0.3, 0.4) is 0 Å². The summed E-state index contributed by atoms with van der Waals surface area (Å²) in [7, 11) is -0.163. The molecule has 6 nitrogen and oxygen atoms in total. The molecule has 2 aromatic carbocycles. The highest BCUT2D eigenvalue weighted by molar-refractivity contribution is 7.93. The van der Waals surface area contributed by atoms with Gasteiger partial charge in [-0.2, -0.15) is 8.75 Å². The van der Waals surface area contributed by atoms with E-state index in [4.69, 9.17) is 11.6 Å². The fourth-order valence-electron chi connectivity index (χ4n) is 2.18. The van der Waals surface area contributed by atoms with Crippen molar-refractivity contribution in [2.75, 3.05) is 23.7 Å². The van der Waals surface area contributed by atoms with Crippen LogP contribution >= 0.6 is 23.3 Å². The molecule has 0 bridgehead atoms. The molecule has 1 aromatic heterocycles. The first-order valence-corrected chi connectivity index (χ1v) is 9.18. The van der Waals surface area contributed by atoms with E-state index in [0.717, 1.165) is 11.7 Å². The highest BCUT2D eigenvalue weighted by Gasteiger charge is 2.21. The molecule has 0 aliphatic carbocycles. The van der Waals surface area contributed by atoms with E-state index in [9.17, 15) is 8.42 Å². The Morgan fingerprint density at radius 3 is 2.70 bits per heavy atom. The topological polar surface area (TPSA) is 75.2 Å². The number of sulfonamides is 1. The summed E-state index contributed by atoms with van der Waals surface area (Å²) in [6.45, 7) is 0. The minimum absolute atomic E-state index is 0.0911. The number of halogens is 1. The number of hydrogen-bond donors (Lipinski definition) is 1. The fraction of sp³-hybridized carbons (Fsp3) is 0.143. The number of benzene rings is 2. The van der Waals surface area contributed by atoms with Crippen molar-refractivity contribution in [1.29, 1.82) is 0 Å². The minimum atomic E-state index is -3.81. The van der Waals surface area contributed by atoms with Crippen LogP contribution in [0.25, 0.3) is 11.0 Å². The Bertz CT molecular complexity index is 970. The summed E-state index contributed by atoms with van der Waals surface area (Å²) in [5, 5.41) is 0.446. The third-order valence-electron chi connectivity index (χ3n) is 3.22. The van der Waals surface area contributed by atoms with Crippen LogP contribution < -0.4 is 9.62 Å². The Morgan fingerprint density at radius 2 is 1.96 bits per heavy atom. The number of fused-ring (bicyclic) bond motifs is 1. The number of aromatic nitrogens is 2. The maximum absolute atomic E-state index is 12.8. The second-order valence-electron chi connectivity index (χ2n) is 5.05. The van der Waals surface area contributed by atoms with Gasteiger partial charge in [0.1, 0.15) is 15.9 Å². The summed E-state index contributed by atoms with van der Waals surface area (Å²) in [5.74, 6) is 0. The van der Waals surface area contributed by atoms with Gasteiger partial charge >= 0.3 is 0 Å². The molecule has 0 saturated carbocycles. The zero-order valence-electron chi connectivity index (χ0n) is 12.3. The van der Waals surface area contributed by atoms with E-state index in [0.29, 0.717) is 27.4 Å². The van der Waals surface area contributed by atoms with Gasteiger partial charge in [-0.15, -0.1) is 0 Å². The van der Waals surface area contributed by atoms with E-state index in [1.807, 2.05) is 14.1 Å². The highest BCUT2D eigenvalue weighted by Crippen LogP contribution is 2.31. The Hall–Kier alpha value is -1.90. The van der Waals surface area contributed by atoms with Gasteiger partial charge in [-0.05, 0) is 30.3 Å². The van der Waals surface area contributed by atoms with Crippen LogP contribution in [0.1, 0.15) is 0 Å². The lowest BCUT2D eigenvalue weighted by Gasteiger charge is -2.19. The first-order valence-electron chi connectivity index (χ1n) is 6.59. The van der Waals surface area contributed by atoms with Crippen molar-refractivity contribution in [3.05, 3.63) is 41.4 Å². The van der Waals surface area contributed by atoms with Crippen LogP contribution in [0.5, 0.6) is 0 Å². The van der Waals surface area contributed by atoms with E-state index in [1.54, 1.807) is 35.2 Å². The monoisotopic (exact) mass is 368 g/mol. The maximum Gasteiger partial charge on any atom is 0.264 e. The Kier molecular flexibility index (Phi) is 4.13. The molecule has 0 fully saturated rings. The Balaban J connectivity index is 2.09. The third kappa shape index (κ3) is 3.10. The van der Waals surface area contributed by atoms with Gasteiger partial charge in [0.2, 0.25) is 0 Å². The number of hydrogen-bond acceptors (Lipinski definition) is 6. The standard InChI is InChI=1S/C14H13ClN4O2S2/c1-19(2)12-7-6-9(15)8-11(12)18-23(20,21)13-5-3-4-10-14(13)17-22-16-10/h3-8,18H,1-2H3. The average Bonchev–Trinajstić information content (AvgIpc) is 2.94. The molecule has 9 heteroatoms. The van der Waals surface area contributed by atoms with Crippen molar-refractivity contribution in [2.24, 2.45) is 0 Å². The van der Waals surface area contributed by atoms with Gasteiger partial charge < -0.3 is 4.90 Å². The smallest absolute Gasteiger partial charge is 0.264 e. The molecule has 23 heavy (non-hydrogen) atoms. The number of nitrogens with zero attached hydrogens (tertiary/aromatic N) is 3. The highest BCUT2D eigenvalue weighted by atomic mass is 35.5. The van der Waals surface area contributed by atoms with Crippen molar-refractivity contribution in [2.45, 2.75) is 4.90 Å². The molecule has 1 N–H and O–H groups in total. The van der Waals surface area contributed by atoms with Crippen LogP contribution in [0.2, 0.25) is 5.02 Å². The summed E-state index contributed by atoms with van der Waals surface area (Å²) in [6, 6.07) is 9.91. The van der Waals surface area contributed by atoms with E-state index in [2.05, 4.69) is 13.5 Å². The molecule has 3 aromatic rings. The lowest BCUT2D eigenvalue weighted by atomic mass is 10.2. The second kappa shape index (κ2) is 5.95. The number of anilines is 2. The minimum Gasteiger partial charge on any atom is -0.376 e. The van der Waals surface area contributed by atoms with Gasteiger partial charge in [-0.25, -0.2) is 8.42 Å². The summed E-state index contributed by atoms with van der Waals surface area (Å²) >= 11 is 6.98. The van der Waals surface area contributed by atoms with Gasteiger partial charge in [0.05, 0.1) is 23.1 Å². The molecule has 120 valence electrons. The number of rotatable bonds is 4. The van der Waals surface area contributed by atoms with Crippen LogP contribution in [-0.2, 0) is 10.0 Å². The second-order valence-corrected chi connectivity index (χ2v) is 7.67. The zero-order valence-corrected chi connectivity index (χ0v) is 14.7. The quantitative estimate of drug-likeness (QED) is 0.765. The lowest BCUT2D eigenvalue weighted by Crippen LogP contribution is -2.17. The normalized spacial score (nSPS) is 11.6. The first kappa shape index (κ1) is 16.0. The van der Waals surface area contributed by atoms with Crippen LogP contribution in [0, 0.1) is 0 Å². The first-order chi connectivity index (χ1) is 10.9. The molecular weight excluding hydrogens is 356 g/mol. The van der Waals surface area contributed by atoms with E-state index in [-0.39, 0.29) is 4.90 Å². The molecule has 0 amide bonds. The average molecular weight is 369 g/mol. The van der Waals surface area contributed by atoms with Crippen molar-refractivity contribution in [3.63, 3.8) is 0 Å². The summed E-state index contributed by atoms with van der Waals surface area (Å²) in [5.41, 5.74) is 2.03. The largest absolute Gasteiger partial charge is 0.376 e. The van der Waals surface area contributed by atoms with Crippen molar-refractivity contribution in [3.8, 4) is 0 Å². The lowest BCUT2D eigenvalue weighted by molar-refractivity contribution is 0.602. The molecule has 0 spiro atoms. The maximum atomic E-state index is 12.8. The third-order valence-corrected chi connectivity index (χ3v) is 5.40. The molecule has 3 rings (SSSR count). The fourth-order valence-corrected chi connectivity index (χ4v) is 4.18. The Labute approximate surface area is 143 Å². The summed E-state index contributed by atoms with van der Waals surface area (Å²) in [6.07, 6.45) is 0. The van der Waals surface area contributed by atoms with Crippen molar-refractivity contribution in [1.82, 2.24) is 8.75 Å². The molecule has 0 unspecified atom stereocenters.